The highest BCUT2D eigenvalue weighted by Gasteiger charge is 2.31. The maximum atomic E-state index is 4.69. The van der Waals surface area contributed by atoms with E-state index in [2.05, 4.69) is 58.6 Å². The van der Waals surface area contributed by atoms with Crippen molar-refractivity contribution < 1.29 is 0 Å². The molecule has 2 heteroatoms. The van der Waals surface area contributed by atoms with Crippen LogP contribution in [0, 0.1) is 5.41 Å². The molecule has 0 spiro atoms. The van der Waals surface area contributed by atoms with Crippen molar-refractivity contribution in [2.24, 2.45) is 5.41 Å². The van der Waals surface area contributed by atoms with Crippen LogP contribution in [-0.4, -0.2) is 22.7 Å². The van der Waals surface area contributed by atoms with Gasteiger partial charge in [-0.3, -0.25) is 0 Å². The summed E-state index contributed by atoms with van der Waals surface area (Å²) in [6.07, 6.45) is 4.47. The van der Waals surface area contributed by atoms with Gasteiger partial charge in [-0.2, -0.15) is 12.6 Å². The molecule has 1 heterocycles. The zero-order chi connectivity index (χ0) is 12.5. The first kappa shape index (κ1) is 13.7. The molecule has 0 saturated heterocycles. The molecule has 1 rings (SSSR count). The Labute approximate surface area is 106 Å². The molecule has 0 amide bonds. The van der Waals surface area contributed by atoms with Gasteiger partial charge in [0.1, 0.15) is 0 Å². The topological polar surface area (TPSA) is 3.24 Å². The lowest BCUT2D eigenvalue weighted by atomic mass is 9.88. The van der Waals surface area contributed by atoms with Crippen LogP contribution in [0.2, 0.25) is 0 Å². The molecule has 0 aromatic rings. The van der Waals surface area contributed by atoms with Gasteiger partial charge in [0.2, 0.25) is 0 Å². The molecule has 92 valence electrons. The zero-order valence-corrected chi connectivity index (χ0v) is 12.3. The van der Waals surface area contributed by atoms with Crippen molar-refractivity contribution >= 4 is 12.6 Å². The molecule has 0 aromatic heterocycles. The maximum Gasteiger partial charge on any atom is 0.0352 e. The molecule has 1 aliphatic heterocycles. The number of allylic oxidation sites excluding steroid dienone is 2. The van der Waals surface area contributed by atoms with Crippen LogP contribution in [0.5, 0.6) is 0 Å². The number of thiol groups is 1. The van der Waals surface area contributed by atoms with Crippen LogP contribution in [0.4, 0.5) is 0 Å². The van der Waals surface area contributed by atoms with E-state index < -0.39 is 0 Å². The van der Waals surface area contributed by atoms with Gasteiger partial charge in [0.05, 0.1) is 0 Å². The lowest BCUT2D eigenvalue weighted by Gasteiger charge is -2.37. The van der Waals surface area contributed by atoms with Gasteiger partial charge in [0.25, 0.3) is 0 Å². The van der Waals surface area contributed by atoms with E-state index in [1.165, 1.54) is 11.3 Å². The SMILES string of the molecule is CC(C)=C1C=CC(S)C(C)(C)CN1C(C)C. The number of hydrogen-bond acceptors (Lipinski definition) is 2. The van der Waals surface area contributed by atoms with E-state index in [1.807, 2.05) is 0 Å². The summed E-state index contributed by atoms with van der Waals surface area (Å²) in [5.74, 6) is 0. The fourth-order valence-corrected chi connectivity index (χ4v) is 2.24. The molecular formula is C14H25NS. The van der Waals surface area contributed by atoms with Crippen LogP contribution in [0.15, 0.2) is 23.4 Å². The van der Waals surface area contributed by atoms with Crippen molar-refractivity contribution in [1.82, 2.24) is 4.90 Å². The predicted octanol–water partition coefficient (Wildman–Crippen LogP) is 3.89. The standard InChI is InChI=1S/C14H25NS/c1-10(2)12-7-8-13(16)14(5,6)9-15(12)11(3)4/h7-8,11,13,16H,9H2,1-6H3. The zero-order valence-electron chi connectivity index (χ0n) is 11.4. The van der Waals surface area contributed by atoms with Crippen molar-refractivity contribution in [2.45, 2.75) is 52.8 Å². The van der Waals surface area contributed by atoms with Crippen molar-refractivity contribution in [3.8, 4) is 0 Å². The maximum absolute atomic E-state index is 4.69. The van der Waals surface area contributed by atoms with Gasteiger partial charge in [-0.1, -0.05) is 25.5 Å². The van der Waals surface area contributed by atoms with Gasteiger partial charge in [-0.15, -0.1) is 0 Å². The monoisotopic (exact) mass is 239 g/mol. The Kier molecular flexibility index (Phi) is 4.17. The average molecular weight is 239 g/mol. The first-order chi connectivity index (χ1) is 7.25. The molecule has 1 aliphatic rings. The molecule has 1 unspecified atom stereocenters. The first-order valence-electron chi connectivity index (χ1n) is 6.06. The van der Waals surface area contributed by atoms with Crippen LogP contribution in [0.25, 0.3) is 0 Å². The Morgan fingerprint density at radius 3 is 2.44 bits per heavy atom. The molecule has 1 nitrogen and oxygen atoms in total. The molecule has 16 heavy (non-hydrogen) atoms. The van der Waals surface area contributed by atoms with E-state index >= 15 is 0 Å². The summed E-state index contributed by atoms with van der Waals surface area (Å²) in [5.41, 5.74) is 2.95. The normalized spacial score (nSPS) is 24.9. The van der Waals surface area contributed by atoms with Crippen LogP contribution in [0.3, 0.4) is 0 Å². The summed E-state index contributed by atoms with van der Waals surface area (Å²) in [6.45, 7) is 14.5. The molecule has 0 radical (unpaired) electrons. The molecule has 0 N–H and O–H groups in total. The predicted molar refractivity (Wildman–Crippen MR) is 75.9 cm³/mol. The lowest BCUT2D eigenvalue weighted by Crippen LogP contribution is -2.40. The Morgan fingerprint density at radius 2 is 2.00 bits per heavy atom. The van der Waals surface area contributed by atoms with Gasteiger partial charge in [0, 0.05) is 23.5 Å². The van der Waals surface area contributed by atoms with E-state index in [0.717, 1.165) is 6.54 Å². The van der Waals surface area contributed by atoms with Crippen molar-refractivity contribution in [2.75, 3.05) is 6.54 Å². The second-order valence-corrected chi connectivity index (χ2v) is 6.46. The van der Waals surface area contributed by atoms with Crippen molar-refractivity contribution in [1.29, 1.82) is 0 Å². The molecule has 0 saturated carbocycles. The smallest absolute Gasteiger partial charge is 0.0352 e. The van der Waals surface area contributed by atoms with E-state index in [1.54, 1.807) is 0 Å². The second-order valence-electron chi connectivity index (χ2n) is 5.90. The van der Waals surface area contributed by atoms with Gasteiger partial charge in [0.15, 0.2) is 0 Å². The largest absolute Gasteiger partial charge is 0.369 e. The number of rotatable bonds is 1. The third kappa shape index (κ3) is 2.85. The van der Waals surface area contributed by atoms with E-state index in [0.29, 0.717) is 11.3 Å². The minimum Gasteiger partial charge on any atom is -0.369 e. The van der Waals surface area contributed by atoms with E-state index in [-0.39, 0.29) is 5.41 Å². The minimum atomic E-state index is 0.209. The van der Waals surface area contributed by atoms with E-state index in [4.69, 9.17) is 12.6 Å². The van der Waals surface area contributed by atoms with Crippen LogP contribution < -0.4 is 0 Å². The summed E-state index contributed by atoms with van der Waals surface area (Å²) >= 11 is 4.69. The highest BCUT2D eigenvalue weighted by Crippen LogP contribution is 2.33. The summed E-state index contributed by atoms with van der Waals surface area (Å²) in [6, 6.07) is 0.535. The summed E-state index contributed by atoms with van der Waals surface area (Å²) in [7, 11) is 0. The minimum absolute atomic E-state index is 0.209. The fourth-order valence-electron chi connectivity index (χ4n) is 2.07. The third-order valence-corrected chi connectivity index (χ3v) is 4.13. The Morgan fingerprint density at radius 1 is 1.44 bits per heavy atom. The highest BCUT2D eigenvalue weighted by atomic mass is 32.1. The van der Waals surface area contributed by atoms with Gasteiger partial charge >= 0.3 is 0 Å². The molecule has 0 aliphatic carbocycles. The summed E-state index contributed by atoms with van der Waals surface area (Å²) < 4.78 is 0. The Balaban J connectivity index is 3.14. The summed E-state index contributed by atoms with van der Waals surface area (Å²) in [5, 5.41) is 0.325. The fraction of sp³-hybridized carbons (Fsp3) is 0.714. The second kappa shape index (κ2) is 4.87. The summed E-state index contributed by atoms with van der Waals surface area (Å²) in [4.78, 5) is 2.49. The molecule has 1 atom stereocenters. The van der Waals surface area contributed by atoms with Gasteiger partial charge in [-0.25, -0.2) is 0 Å². The van der Waals surface area contributed by atoms with Crippen molar-refractivity contribution in [3.05, 3.63) is 23.4 Å². The average Bonchev–Trinajstić information content (AvgIpc) is 2.25. The molecule has 0 fully saturated rings. The van der Waals surface area contributed by atoms with Crippen LogP contribution >= 0.6 is 12.6 Å². The first-order valence-corrected chi connectivity index (χ1v) is 6.57. The van der Waals surface area contributed by atoms with Crippen LogP contribution in [0.1, 0.15) is 41.5 Å². The van der Waals surface area contributed by atoms with Gasteiger partial charge in [-0.05, 0) is 39.2 Å². The number of nitrogens with zero attached hydrogens (tertiary/aromatic N) is 1. The Hall–Kier alpha value is -0.370. The molecule has 0 bridgehead atoms. The van der Waals surface area contributed by atoms with Crippen LogP contribution in [-0.2, 0) is 0 Å². The third-order valence-electron chi connectivity index (χ3n) is 3.26. The number of hydrogen-bond donors (Lipinski definition) is 1. The van der Waals surface area contributed by atoms with Crippen molar-refractivity contribution in [3.63, 3.8) is 0 Å². The van der Waals surface area contributed by atoms with Gasteiger partial charge < -0.3 is 4.90 Å². The molecule has 0 aromatic carbocycles. The quantitative estimate of drug-likeness (QED) is 0.680. The lowest BCUT2D eigenvalue weighted by molar-refractivity contribution is 0.199. The molecular weight excluding hydrogens is 214 g/mol. The Bertz CT molecular complexity index is 309. The highest BCUT2D eigenvalue weighted by molar-refractivity contribution is 7.81. The van der Waals surface area contributed by atoms with E-state index in [9.17, 15) is 0 Å².